The Morgan fingerprint density at radius 2 is 2.31 bits per heavy atom. The molecule has 1 atom stereocenters. The van der Waals surface area contributed by atoms with E-state index in [2.05, 4.69) is 15.9 Å². The van der Waals surface area contributed by atoms with Gasteiger partial charge in [-0.05, 0) is 28.9 Å². The molecule has 0 spiro atoms. The largest absolute Gasteiger partial charge is 0.495 e. The lowest BCUT2D eigenvalue weighted by molar-refractivity contribution is 0.173. The Morgan fingerprint density at radius 1 is 1.56 bits per heavy atom. The lowest BCUT2D eigenvalue weighted by Crippen LogP contribution is -2.06. The molecule has 1 aromatic rings. The standard InChI is InChI=1S/C11H13BrO4/c1-6(13)3-7-4-8-11(16-5-15-8)9(12)10(7)14-2/h4,6,13H,3,5H2,1-2H3. The fourth-order valence-electron chi connectivity index (χ4n) is 1.73. The number of hydrogen-bond donors (Lipinski definition) is 1. The van der Waals surface area contributed by atoms with Gasteiger partial charge in [-0.15, -0.1) is 0 Å². The molecule has 4 nitrogen and oxygen atoms in total. The molecule has 16 heavy (non-hydrogen) atoms. The first-order valence-corrected chi connectivity index (χ1v) is 5.75. The van der Waals surface area contributed by atoms with Crippen LogP contribution in [0.25, 0.3) is 0 Å². The first kappa shape index (κ1) is 11.5. The summed E-state index contributed by atoms with van der Waals surface area (Å²) in [5.74, 6) is 2.03. The fraction of sp³-hybridized carbons (Fsp3) is 0.455. The van der Waals surface area contributed by atoms with Crippen LogP contribution in [-0.2, 0) is 6.42 Å². The average molecular weight is 289 g/mol. The second-order valence-electron chi connectivity index (χ2n) is 3.67. The van der Waals surface area contributed by atoms with Gasteiger partial charge >= 0.3 is 0 Å². The Kier molecular flexibility index (Phi) is 3.25. The molecule has 1 unspecified atom stereocenters. The highest BCUT2D eigenvalue weighted by atomic mass is 79.9. The van der Waals surface area contributed by atoms with Gasteiger partial charge in [-0.2, -0.15) is 0 Å². The molecule has 1 heterocycles. The number of methoxy groups -OCH3 is 1. The van der Waals surface area contributed by atoms with Gasteiger partial charge in [-0.1, -0.05) is 0 Å². The normalized spacial score (nSPS) is 15.0. The molecule has 0 saturated heterocycles. The van der Waals surface area contributed by atoms with Gasteiger partial charge in [0, 0.05) is 12.0 Å². The van der Waals surface area contributed by atoms with Gasteiger partial charge in [0.05, 0.1) is 13.2 Å². The van der Waals surface area contributed by atoms with Gasteiger partial charge in [-0.25, -0.2) is 0 Å². The van der Waals surface area contributed by atoms with E-state index in [1.165, 1.54) is 0 Å². The van der Waals surface area contributed by atoms with Crippen LogP contribution in [0.2, 0.25) is 0 Å². The first-order valence-electron chi connectivity index (χ1n) is 4.96. The highest BCUT2D eigenvalue weighted by Crippen LogP contribution is 2.46. The highest BCUT2D eigenvalue weighted by molar-refractivity contribution is 9.10. The molecule has 1 aromatic carbocycles. The van der Waals surface area contributed by atoms with Crippen LogP contribution in [0.3, 0.4) is 0 Å². The number of hydrogen-bond acceptors (Lipinski definition) is 4. The smallest absolute Gasteiger partial charge is 0.231 e. The second kappa shape index (κ2) is 4.51. The van der Waals surface area contributed by atoms with Crippen molar-refractivity contribution in [3.63, 3.8) is 0 Å². The summed E-state index contributed by atoms with van der Waals surface area (Å²) >= 11 is 3.42. The van der Waals surface area contributed by atoms with Gasteiger partial charge in [0.25, 0.3) is 0 Å². The molecular weight excluding hydrogens is 276 g/mol. The number of rotatable bonds is 3. The molecule has 0 amide bonds. The van der Waals surface area contributed by atoms with Crippen molar-refractivity contribution in [3.8, 4) is 17.2 Å². The lowest BCUT2D eigenvalue weighted by atomic mass is 10.1. The molecule has 0 fully saturated rings. The van der Waals surface area contributed by atoms with E-state index in [1.54, 1.807) is 14.0 Å². The van der Waals surface area contributed by atoms with Crippen LogP contribution >= 0.6 is 15.9 Å². The van der Waals surface area contributed by atoms with E-state index < -0.39 is 6.10 Å². The predicted octanol–water partition coefficient (Wildman–Crippen LogP) is 2.11. The molecule has 1 aliphatic heterocycles. The number of benzene rings is 1. The first-order chi connectivity index (χ1) is 7.63. The summed E-state index contributed by atoms with van der Waals surface area (Å²) in [5, 5.41) is 9.42. The minimum absolute atomic E-state index is 0.217. The van der Waals surface area contributed by atoms with E-state index in [4.69, 9.17) is 14.2 Å². The molecule has 2 rings (SSSR count). The van der Waals surface area contributed by atoms with E-state index in [-0.39, 0.29) is 6.79 Å². The number of fused-ring (bicyclic) bond motifs is 1. The van der Waals surface area contributed by atoms with Crippen LogP contribution in [0.5, 0.6) is 17.2 Å². The van der Waals surface area contributed by atoms with Gasteiger partial charge in [-0.3, -0.25) is 0 Å². The molecule has 0 bridgehead atoms. The van der Waals surface area contributed by atoms with Crippen molar-refractivity contribution < 1.29 is 19.3 Å². The third-order valence-electron chi connectivity index (χ3n) is 2.36. The van der Waals surface area contributed by atoms with Gasteiger partial charge in [0.1, 0.15) is 10.2 Å². The number of ether oxygens (including phenoxy) is 3. The zero-order valence-electron chi connectivity index (χ0n) is 9.12. The van der Waals surface area contributed by atoms with Crippen molar-refractivity contribution in [2.75, 3.05) is 13.9 Å². The topological polar surface area (TPSA) is 47.9 Å². The number of halogens is 1. The maximum absolute atomic E-state index is 9.42. The minimum atomic E-state index is -0.429. The molecule has 0 saturated carbocycles. The SMILES string of the molecule is COc1c(CC(C)O)cc2c(c1Br)OCO2. The van der Waals surface area contributed by atoms with Crippen LogP contribution in [-0.4, -0.2) is 25.1 Å². The summed E-state index contributed by atoms with van der Waals surface area (Å²) < 4.78 is 16.7. The van der Waals surface area contributed by atoms with Crippen LogP contribution in [0.15, 0.2) is 10.5 Å². The van der Waals surface area contributed by atoms with Crippen molar-refractivity contribution in [2.24, 2.45) is 0 Å². The quantitative estimate of drug-likeness (QED) is 0.926. The predicted molar refractivity (Wildman–Crippen MR) is 62.2 cm³/mol. The van der Waals surface area contributed by atoms with Crippen LogP contribution in [0, 0.1) is 0 Å². The zero-order valence-corrected chi connectivity index (χ0v) is 10.7. The zero-order chi connectivity index (χ0) is 11.7. The fourth-order valence-corrected chi connectivity index (χ4v) is 2.45. The molecule has 88 valence electrons. The van der Waals surface area contributed by atoms with E-state index in [0.29, 0.717) is 23.7 Å². The van der Waals surface area contributed by atoms with Gasteiger partial charge < -0.3 is 19.3 Å². The van der Waals surface area contributed by atoms with Crippen molar-refractivity contribution in [2.45, 2.75) is 19.4 Å². The summed E-state index contributed by atoms with van der Waals surface area (Å²) in [6.07, 6.45) is 0.0828. The van der Waals surface area contributed by atoms with E-state index in [9.17, 15) is 5.11 Å². The molecule has 0 radical (unpaired) electrons. The Hall–Kier alpha value is -0.940. The summed E-state index contributed by atoms with van der Waals surface area (Å²) in [4.78, 5) is 0. The van der Waals surface area contributed by atoms with E-state index in [0.717, 1.165) is 10.0 Å². The molecule has 1 aliphatic rings. The third-order valence-corrected chi connectivity index (χ3v) is 3.08. The maximum Gasteiger partial charge on any atom is 0.231 e. The summed E-state index contributed by atoms with van der Waals surface area (Å²) in [6.45, 7) is 1.95. The monoisotopic (exact) mass is 288 g/mol. The second-order valence-corrected chi connectivity index (χ2v) is 4.46. The third kappa shape index (κ3) is 1.97. The van der Waals surface area contributed by atoms with Crippen molar-refractivity contribution in [3.05, 3.63) is 16.1 Å². The molecule has 0 aliphatic carbocycles. The Balaban J connectivity index is 2.48. The summed E-state index contributed by atoms with van der Waals surface area (Å²) in [7, 11) is 1.59. The van der Waals surface area contributed by atoms with Crippen molar-refractivity contribution in [1.82, 2.24) is 0 Å². The van der Waals surface area contributed by atoms with E-state index >= 15 is 0 Å². The van der Waals surface area contributed by atoms with Crippen LogP contribution in [0.1, 0.15) is 12.5 Å². The Bertz CT molecular complexity index is 403. The lowest BCUT2D eigenvalue weighted by Gasteiger charge is -2.13. The molecule has 5 heteroatoms. The van der Waals surface area contributed by atoms with Crippen molar-refractivity contribution >= 4 is 15.9 Å². The van der Waals surface area contributed by atoms with Crippen molar-refractivity contribution in [1.29, 1.82) is 0 Å². The number of aliphatic hydroxyl groups excluding tert-OH is 1. The average Bonchev–Trinajstić information content (AvgIpc) is 2.65. The summed E-state index contributed by atoms with van der Waals surface area (Å²) in [6, 6.07) is 1.85. The Labute approximate surface area is 102 Å². The molecule has 0 aromatic heterocycles. The Morgan fingerprint density at radius 3 is 2.94 bits per heavy atom. The number of aliphatic hydroxyl groups is 1. The van der Waals surface area contributed by atoms with Crippen LogP contribution in [0.4, 0.5) is 0 Å². The molecular formula is C11H13BrO4. The minimum Gasteiger partial charge on any atom is -0.495 e. The maximum atomic E-state index is 9.42. The van der Waals surface area contributed by atoms with Crippen LogP contribution < -0.4 is 14.2 Å². The van der Waals surface area contributed by atoms with Gasteiger partial charge in [0.2, 0.25) is 6.79 Å². The van der Waals surface area contributed by atoms with E-state index in [1.807, 2.05) is 6.07 Å². The molecule has 1 N–H and O–H groups in total. The van der Waals surface area contributed by atoms with Gasteiger partial charge in [0.15, 0.2) is 11.5 Å². The highest BCUT2D eigenvalue weighted by Gasteiger charge is 2.23. The summed E-state index contributed by atoms with van der Waals surface area (Å²) in [5.41, 5.74) is 0.897.